The van der Waals surface area contributed by atoms with Crippen molar-refractivity contribution in [3.8, 4) is 0 Å². The van der Waals surface area contributed by atoms with E-state index in [0.717, 1.165) is 31.2 Å². The molecule has 1 fully saturated rings. The second-order valence-corrected chi connectivity index (χ2v) is 9.26. The molecule has 166 valence electrons. The molecule has 1 aliphatic rings. The molecule has 1 aliphatic carbocycles. The average molecular weight is 463 g/mol. The maximum Gasteiger partial charge on any atom is 0.242 e. The molecular weight excluding hydrogens is 435 g/mol. The summed E-state index contributed by atoms with van der Waals surface area (Å²) >= 11 is 7.63. The van der Waals surface area contributed by atoms with Crippen molar-refractivity contribution < 1.29 is 14.0 Å². The molecule has 0 radical (unpaired) electrons. The van der Waals surface area contributed by atoms with Crippen LogP contribution in [0.4, 0.5) is 4.39 Å². The van der Waals surface area contributed by atoms with Crippen LogP contribution >= 0.6 is 23.4 Å². The van der Waals surface area contributed by atoms with Crippen LogP contribution < -0.4 is 5.32 Å². The molecule has 1 N–H and O–H groups in total. The van der Waals surface area contributed by atoms with Gasteiger partial charge in [0.05, 0.1) is 5.75 Å². The summed E-state index contributed by atoms with van der Waals surface area (Å²) in [5.74, 6) is -0.00279. The highest BCUT2D eigenvalue weighted by Gasteiger charge is 2.28. The summed E-state index contributed by atoms with van der Waals surface area (Å²) in [6, 6.07) is 13.3. The van der Waals surface area contributed by atoms with Gasteiger partial charge in [0.2, 0.25) is 11.8 Å². The van der Waals surface area contributed by atoms with Gasteiger partial charge in [-0.15, -0.1) is 11.8 Å². The Bertz CT molecular complexity index is 905. The summed E-state index contributed by atoms with van der Waals surface area (Å²) in [4.78, 5) is 27.4. The zero-order valence-corrected chi connectivity index (χ0v) is 19.2. The standard InChI is InChI=1S/C24H28ClFN2O2S/c1-17(24(30)27-20-10-4-5-11-20)28(14-18-8-3-7-13-22(18)26)23(29)16-31-15-19-9-2-6-12-21(19)25/h2-3,6-9,12-13,17,20H,4-5,10-11,14-16H2,1H3,(H,27,30). The molecule has 7 heteroatoms. The van der Waals surface area contributed by atoms with E-state index in [1.165, 1.54) is 22.7 Å². The van der Waals surface area contributed by atoms with Crippen molar-refractivity contribution in [2.75, 3.05) is 5.75 Å². The Morgan fingerprint density at radius 1 is 1.13 bits per heavy atom. The van der Waals surface area contributed by atoms with Gasteiger partial charge < -0.3 is 10.2 Å². The van der Waals surface area contributed by atoms with E-state index >= 15 is 0 Å². The Hall–Kier alpha value is -2.05. The minimum Gasteiger partial charge on any atom is -0.352 e. The highest BCUT2D eigenvalue weighted by Crippen LogP contribution is 2.22. The van der Waals surface area contributed by atoms with Gasteiger partial charge in [0, 0.05) is 28.9 Å². The second-order valence-electron chi connectivity index (χ2n) is 7.86. The van der Waals surface area contributed by atoms with E-state index in [9.17, 15) is 14.0 Å². The molecule has 0 bridgehead atoms. The minimum absolute atomic E-state index is 0.0530. The first kappa shape index (κ1) is 23.6. The molecule has 2 aromatic carbocycles. The fraction of sp³-hybridized carbons (Fsp3) is 0.417. The van der Waals surface area contributed by atoms with Crippen molar-refractivity contribution in [3.05, 3.63) is 70.5 Å². The van der Waals surface area contributed by atoms with E-state index in [4.69, 9.17) is 11.6 Å². The number of carbonyl (C=O) groups is 2. The molecular formula is C24H28ClFN2O2S. The van der Waals surface area contributed by atoms with Crippen LogP contribution in [0.1, 0.15) is 43.7 Å². The molecule has 2 amide bonds. The Morgan fingerprint density at radius 2 is 1.77 bits per heavy atom. The molecule has 2 aromatic rings. The molecule has 31 heavy (non-hydrogen) atoms. The van der Waals surface area contributed by atoms with Gasteiger partial charge in [0.15, 0.2) is 0 Å². The number of halogens is 2. The average Bonchev–Trinajstić information content (AvgIpc) is 3.27. The van der Waals surface area contributed by atoms with Gasteiger partial charge in [0.1, 0.15) is 11.9 Å². The number of nitrogens with one attached hydrogen (secondary N) is 1. The van der Waals surface area contributed by atoms with E-state index in [2.05, 4.69) is 5.32 Å². The van der Waals surface area contributed by atoms with E-state index in [1.807, 2.05) is 24.3 Å². The summed E-state index contributed by atoms with van der Waals surface area (Å²) in [6.45, 7) is 1.76. The Labute approximate surface area is 192 Å². The van der Waals surface area contributed by atoms with Crippen molar-refractivity contribution in [1.82, 2.24) is 10.2 Å². The number of benzene rings is 2. The van der Waals surface area contributed by atoms with Crippen LogP contribution in [0.3, 0.4) is 0 Å². The normalized spacial score (nSPS) is 14.9. The molecule has 3 rings (SSSR count). The van der Waals surface area contributed by atoms with Gasteiger partial charge in [-0.1, -0.05) is 60.8 Å². The molecule has 1 saturated carbocycles. The number of hydrogen-bond donors (Lipinski definition) is 1. The first-order valence-electron chi connectivity index (χ1n) is 10.6. The Balaban J connectivity index is 1.67. The van der Waals surface area contributed by atoms with E-state index in [1.54, 1.807) is 25.1 Å². The van der Waals surface area contributed by atoms with Crippen LogP contribution in [0.2, 0.25) is 5.02 Å². The topological polar surface area (TPSA) is 49.4 Å². The van der Waals surface area contributed by atoms with E-state index < -0.39 is 6.04 Å². The zero-order valence-electron chi connectivity index (χ0n) is 17.7. The molecule has 0 aliphatic heterocycles. The summed E-state index contributed by atoms with van der Waals surface area (Å²) in [5.41, 5.74) is 1.35. The molecule has 0 spiro atoms. The summed E-state index contributed by atoms with van der Waals surface area (Å²) in [6.07, 6.45) is 4.15. The van der Waals surface area contributed by atoms with Crippen LogP contribution in [-0.4, -0.2) is 34.6 Å². The molecule has 1 atom stereocenters. The van der Waals surface area contributed by atoms with Crippen LogP contribution in [0.25, 0.3) is 0 Å². The van der Waals surface area contributed by atoms with Gasteiger partial charge in [0.25, 0.3) is 0 Å². The lowest BCUT2D eigenvalue weighted by Gasteiger charge is -2.30. The smallest absolute Gasteiger partial charge is 0.242 e. The molecule has 0 heterocycles. The molecule has 0 saturated heterocycles. The third kappa shape index (κ3) is 6.71. The second kappa shape index (κ2) is 11.5. The van der Waals surface area contributed by atoms with Crippen LogP contribution in [0, 0.1) is 5.82 Å². The van der Waals surface area contributed by atoms with Gasteiger partial charge in [-0.2, -0.15) is 0 Å². The third-order valence-electron chi connectivity index (χ3n) is 5.61. The molecule has 4 nitrogen and oxygen atoms in total. The van der Waals surface area contributed by atoms with Gasteiger partial charge in [-0.05, 0) is 37.5 Å². The largest absolute Gasteiger partial charge is 0.352 e. The quantitative estimate of drug-likeness (QED) is 0.558. The summed E-state index contributed by atoms with van der Waals surface area (Å²) < 4.78 is 14.3. The highest BCUT2D eigenvalue weighted by atomic mass is 35.5. The SMILES string of the molecule is CC(C(=O)NC1CCCC1)N(Cc1ccccc1F)C(=O)CSCc1ccccc1Cl. The molecule has 0 aromatic heterocycles. The number of thioether (sulfide) groups is 1. The van der Waals surface area contributed by atoms with Gasteiger partial charge in [-0.3, -0.25) is 9.59 Å². The van der Waals surface area contributed by atoms with Crippen molar-refractivity contribution in [2.45, 2.75) is 57.0 Å². The lowest BCUT2D eigenvalue weighted by molar-refractivity contribution is -0.139. The summed E-state index contributed by atoms with van der Waals surface area (Å²) in [5, 5.41) is 3.71. The van der Waals surface area contributed by atoms with E-state index in [-0.39, 0.29) is 36.0 Å². The van der Waals surface area contributed by atoms with Crippen LogP contribution in [0.5, 0.6) is 0 Å². The van der Waals surface area contributed by atoms with Crippen molar-refractivity contribution in [3.63, 3.8) is 0 Å². The Morgan fingerprint density at radius 3 is 2.45 bits per heavy atom. The van der Waals surface area contributed by atoms with Crippen molar-refractivity contribution >= 4 is 35.2 Å². The predicted molar refractivity (Wildman–Crippen MR) is 124 cm³/mol. The van der Waals surface area contributed by atoms with E-state index in [0.29, 0.717) is 16.3 Å². The van der Waals surface area contributed by atoms with Gasteiger partial charge in [-0.25, -0.2) is 4.39 Å². The lowest BCUT2D eigenvalue weighted by atomic mass is 10.1. The maximum atomic E-state index is 14.3. The van der Waals surface area contributed by atoms with Crippen LogP contribution in [0.15, 0.2) is 48.5 Å². The third-order valence-corrected chi connectivity index (χ3v) is 6.94. The van der Waals surface area contributed by atoms with Crippen LogP contribution in [-0.2, 0) is 21.9 Å². The lowest BCUT2D eigenvalue weighted by Crippen LogP contribution is -2.50. The Kier molecular flexibility index (Phi) is 8.79. The van der Waals surface area contributed by atoms with Crippen molar-refractivity contribution in [2.24, 2.45) is 0 Å². The fourth-order valence-corrected chi connectivity index (χ4v) is 4.93. The first-order valence-corrected chi connectivity index (χ1v) is 12.1. The maximum absolute atomic E-state index is 14.3. The van der Waals surface area contributed by atoms with Gasteiger partial charge >= 0.3 is 0 Å². The number of carbonyl (C=O) groups excluding carboxylic acids is 2. The van der Waals surface area contributed by atoms with Crippen molar-refractivity contribution in [1.29, 1.82) is 0 Å². The fourth-order valence-electron chi connectivity index (χ4n) is 3.73. The first-order chi connectivity index (χ1) is 15.0. The number of amides is 2. The minimum atomic E-state index is -0.686. The molecule has 1 unspecified atom stereocenters. The number of rotatable bonds is 9. The number of nitrogens with zero attached hydrogens (tertiary/aromatic N) is 1. The number of hydrogen-bond acceptors (Lipinski definition) is 3. The highest BCUT2D eigenvalue weighted by molar-refractivity contribution is 7.99. The summed E-state index contributed by atoms with van der Waals surface area (Å²) in [7, 11) is 0. The monoisotopic (exact) mass is 462 g/mol. The predicted octanol–water partition coefficient (Wildman–Crippen LogP) is 5.19. The zero-order chi connectivity index (χ0) is 22.2.